The number of amides is 1. The number of nitrogens with zero attached hydrogens (tertiary/aromatic N) is 5. The van der Waals surface area contributed by atoms with Crippen LogP contribution < -0.4 is 10.6 Å². The van der Waals surface area contributed by atoms with Gasteiger partial charge in [-0.05, 0) is 70.0 Å². The van der Waals surface area contributed by atoms with Crippen molar-refractivity contribution < 1.29 is 27.1 Å². The first-order chi connectivity index (χ1) is 22.0. The summed E-state index contributed by atoms with van der Waals surface area (Å²) in [6.45, 7) is 12.7. The first kappa shape index (κ1) is 33.9. The molecule has 2 atom stereocenters. The molecule has 1 amide bonds. The Morgan fingerprint density at radius 1 is 1.19 bits per heavy atom. The van der Waals surface area contributed by atoms with Crippen molar-refractivity contribution >= 4 is 42.8 Å². The summed E-state index contributed by atoms with van der Waals surface area (Å²) < 4.78 is 59.6. The van der Waals surface area contributed by atoms with Gasteiger partial charge in [0.25, 0.3) is 0 Å². The first-order valence-corrected chi connectivity index (χ1v) is 17.8. The number of aromatic nitrogens is 3. The van der Waals surface area contributed by atoms with Crippen molar-refractivity contribution in [2.75, 3.05) is 18.0 Å². The number of phenolic OH excluding ortho intramolecular Hbond substituents is 1. The van der Waals surface area contributed by atoms with Crippen molar-refractivity contribution in [3.8, 4) is 22.7 Å². The summed E-state index contributed by atoms with van der Waals surface area (Å²) in [4.78, 5) is 39.3. The number of phenols is 1. The highest BCUT2D eigenvalue weighted by molar-refractivity contribution is 7.92. The van der Waals surface area contributed by atoms with Gasteiger partial charge in [-0.25, -0.2) is 31.5 Å². The van der Waals surface area contributed by atoms with Crippen LogP contribution in [0.15, 0.2) is 64.8 Å². The van der Waals surface area contributed by atoms with E-state index >= 15 is 8.78 Å². The molecule has 4 aromatic rings. The normalized spacial score (nSPS) is 18.7. The number of sulfone groups is 1. The third kappa shape index (κ3) is 5.73. The maximum Gasteiger partial charge on any atom is 0.355 e. The predicted octanol–water partition coefficient (Wildman–Crippen LogP) is 3.48. The van der Waals surface area contributed by atoms with Crippen LogP contribution in [0.5, 0.6) is 5.75 Å². The lowest BCUT2D eigenvalue weighted by molar-refractivity contribution is -0.129. The molecule has 248 valence electrons. The summed E-state index contributed by atoms with van der Waals surface area (Å²) in [5.41, 5.74) is -1.63. The first-order valence-electron chi connectivity index (χ1n) is 15.2. The molecular weight excluding hydrogens is 645 g/mol. The van der Waals surface area contributed by atoms with Gasteiger partial charge in [0.05, 0.1) is 26.8 Å². The largest absolute Gasteiger partial charge is 0.507 e. The number of anilines is 1. The van der Waals surface area contributed by atoms with Crippen LogP contribution in [-0.4, -0.2) is 78.7 Å². The quantitative estimate of drug-likeness (QED) is 0.232. The monoisotopic (exact) mass is 681 g/mol. The van der Waals surface area contributed by atoms with Crippen molar-refractivity contribution in [3.63, 3.8) is 0 Å². The molecule has 0 aliphatic carbocycles. The zero-order valence-corrected chi connectivity index (χ0v) is 29.9. The number of aryl methyl sites for hydroxylation is 1. The number of carbonyl (C=O) groups is 1. The van der Waals surface area contributed by atoms with Crippen LogP contribution in [0.1, 0.15) is 40.2 Å². The zero-order valence-electron chi connectivity index (χ0n) is 27.1. The number of para-hydroxylation sites is 1. The van der Waals surface area contributed by atoms with Gasteiger partial charge < -0.3 is 14.9 Å². The number of benzene rings is 2. The lowest BCUT2D eigenvalue weighted by Gasteiger charge is -2.51. The van der Waals surface area contributed by atoms with Crippen LogP contribution in [0.3, 0.4) is 0 Å². The molecular formula is C33H37F2N5O5SSi. The molecule has 0 saturated carbocycles. The SMILES string of the molecule is C=CC(=O)N1C[C@](C)([SiH3])N(c2nc(=O)n(-c3c(CC)cccc3S(=O)(=O)C(C)C)c3nc(-c4c(O)cccc4F)c(F)cc23)C[C@H]1C. The Kier molecular flexibility index (Phi) is 8.88. The number of pyridine rings is 1. The van der Waals surface area contributed by atoms with Gasteiger partial charge in [-0.2, -0.15) is 4.98 Å². The van der Waals surface area contributed by atoms with Crippen molar-refractivity contribution in [2.45, 2.75) is 62.4 Å². The van der Waals surface area contributed by atoms with Crippen molar-refractivity contribution in [1.82, 2.24) is 19.4 Å². The van der Waals surface area contributed by atoms with Crippen LogP contribution in [0.4, 0.5) is 14.6 Å². The number of carbonyl (C=O) groups excluding carboxylic acids is 1. The smallest absolute Gasteiger partial charge is 0.355 e. The highest BCUT2D eigenvalue weighted by Crippen LogP contribution is 2.38. The molecule has 0 bridgehead atoms. The molecule has 14 heteroatoms. The van der Waals surface area contributed by atoms with E-state index in [0.29, 0.717) is 22.2 Å². The fourth-order valence-corrected chi connectivity index (χ4v) is 8.08. The van der Waals surface area contributed by atoms with Crippen LogP contribution >= 0.6 is 0 Å². The minimum atomic E-state index is -3.97. The molecule has 10 nitrogen and oxygen atoms in total. The molecule has 1 saturated heterocycles. The average Bonchev–Trinajstić information content (AvgIpc) is 3.01. The summed E-state index contributed by atoms with van der Waals surface area (Å²) in [6.07, 6.45) is 1.57. The van der Waals surface area contributed by atoms with Crippen LogP contribution in [0.2, 0.25) is 0 Å². The second kappa shape index (κ2) is 12.3. The van der Waals surface area contributed by atoms with Gasteiger partial charge in [0.15, 0.2) is 21.3 Å². The molecule has 2 aromatic heterocycles. The van der Waals surface area contributed by atoms with E-state index in [9.17, 15) is 23.1 Å². The second-order valence-corrected chi connectivity index (χ2v) is 17.2. The Bertz CT molecular complexity index is 2080. The average molecular weight is 682 g/mol. The predicted molar refractivity (Wildman–Crippen MR) is 181 cm³/mol. The summed E-state index contributed by atoms with van der Waals surface area (Å²) in [7, 11) is -3.48. The van der Waals surface area contributed by atoms with Crippen molar-refractivity contribution in [2.24, 2.45) is 0 Å². The highest BCUT2D eigenvalue weighted by atomic mass is 32.2. The van der Waals surface area contributed by atoms with E-state index in [1.807, 2.05) is 18.7 Å². The minimum Gasteiger partial charge on any atom is -0.507 e. The molecule has 1 aliphatic rings. The van der Waals surface area contributed by atoms with Gasteiger partial charge in [0.1, 0.15) is 23.1 Å². The summed E-state index contributed by atoms with van der Waals surface area (Å²) in [6, 6.07) is 8.90. The summed E-state index contributed by atoms with van der Waals surface area (Å²) in [5.74, 6) is -2.66. The van der Waals surface area contributed by atoms with E-state index in [1.54, 1.807) is 24.0 Å². The fourth-order valence-electron chi connectivity index (χ4n) is 6.08. The topological polar surface area (TPSA) is 126 Å². The van der Waals surface area contributed by atoms with Gasteiger partial charge in [-0.15, -0.1) is 0 Å². The molecule has 2 aromatic carbocycles. The second-order valence-electron chi connectivity index (χ2n) is 12.5. The number of fused-ring (bicyclic) bond motifs is 1. The maximum atomic E-state index is 16.1. The fraction of sp³-hybridized carbons (Fsp3) is 0.333. The Labute approximate surface area is 274 Å². The standard InChI is InChI=1S/C33H37F2N5O5SSi/c1-7-20-11-9-14-25(46(44,45)18(3)4)29(20)40-31-21(15-23(35)28(36-31)27-22(34)12-10-13-24(27)41)30(37-32(40)43)39-16-19(5)38(26(42)8-2)17-33(39,6)47/h8-15,18-19,41H,2,7,16-17H2,1,3-6,47H3/t19-,33+/m1/s1. The molecule has 1 N–H and O–H groups in total. The lowest BCUT2D eigenvalue weighted by atomic mass is 10.0. The molecule has 1 fully saturated rings. The van der Waals surface area contributed by atoms with Gasteiger partial charge in [0, 0.05) is 34.5 Å². The number of rotatable bonds is 7. The van der Waals surface area contributed by atoms with Gasteiger partial charge >= 0.3 is 5.69 Å². The number of halogens is 2. The van der Waals surface area contributed by atoms with Gasteiger partial charge in [-0.1, -0.05) is 31.7 Å². The van der Waals surface area contributed by atoms with Crippen LogP contribution in [0.25, 0.3) is 28.0 Å². The van der Waals surface area contributed by atoms with Crippen LogP contribution in [-0.2, 0) is 21.1 Å². The van der Waals surface area contributed by atoms with Crippen molar-refractivity contribution in [3.05, 3.63) is 82.8 Å². The molecule has 0 radical (unpaired) electrons. The highest BCUT2D eigenvalue weighted by Gasteiger charge is 2.41. The van der Waals surface area contributed by atoms with Gasteiger partial charge in [-0.3, -0.25) is 4.79 Å². The third-order valence-corrected chi connectivity index (χ3v) is 11.7. The Morgan fingerprint density at radius 2 is 1.87 bits per heavy atom. The molecule has 5 rings (SSSR count). The third-order valence-electron chi connectivity index (χ3n) is 8.62. The van der Waals surface area contributed by atoms with Crippen LogP contribution in [0, 0.1) is 11.6 Å². The maximum absolute atomic E-state index is 16.1. The molecule has 0 unspecified atom stereocenters. The minimum absolute atomic E-state index is 0.0176. The number of aromatic hydroxyl groups is 1. The zero-order chi connectivity index (χ0) is 34.6. The van der Waals surface area contributed by atoms with E-state index in [0.717, 1.165) is 16.7 Å². The summed E-state index contributed by atoms with van der Waals surface area (Å²) in [5, 5.41) is 9.11. The van der Waals surface area contributed by atoms with E-state index in [4.69, 9.17) is 0 Å². The van der Waals surface area contributed by atoms with E-state index < -0.39 is 54.6 Å². The Hall–Kier alpha value is -4.43. The summed E-state index contributed by atoms with van der Waals surface area (Å²) >= 11 is 0. The Balaban J connectivity index is 1.93. The molecule has 3 heterocycles. The van der Waals surface area contributed by atoms with E-state index in [-0.39, 0.29) is 52.5 Å². The Morgan fingerprint density at radius 3 is 2.49 bits per heavy atom. The van der Waals surface area contributed by atoms with E-state index in [1.165, 1.54) is 38.1 Å². The lowest BCUT2D eigenvalue weighted by Crippen LogP contribution is -2.66. The molecule has 47 heavy (non-hydrogen) atoms. The number of hydrogen-bond acceptors (Lipinski definition) is 8. The molecule has 0 spiro atoms. The van der Waals surface area contributed by atoms with Gasteiger partial charge in [0.2, 0.25) is 5.91 Å². The van der Waals surface area contributed by atoms with E-state index in [2.05, 4.69) is 16.5 Å². The number of piperazine rings is 1. The van der Waals surface area contributed by atoms with Crippen molar-refractivity contribution in [1.29, 1.82) is 0 Å². The number of hydrogen-bond donors (Lipinski definition) is 1. The molecule has 1 aliphatic heterocycles.